The summed E-state index contributed by atoms with van der Waals surface area (Å²) in [6.45, 7) is 12.6. The van der Waals surface area contributed by atoms with E-state index in [0.717, 1.165) is 0 Å². The normalized spacial score (nSPS) is 14.9. The first kappa shape index (κ1) is 28.0. The number of carbonyl (C=O) groups is 2. The lowest BCUT2D eigenvalue weighted by molar-refractivity contribution is -0.117. The van der Waals surface area contributed by atoms with Gasteiger partial charge in [0, 0.05) is 54.8 Å². The molecule has 1 aliphatic heterocycles. The number of aryl methyl sites for hydroxylation is 1. The Morgan fingerprint density at radius 1 is 1.19 bits per heavy atom. The summed E-state index contributed by atoms with van der Waals surface area (Å²) in [6.07, 6.45) is 3.24. The zero-order valence-electron chi connectivity index (χ0n) is 22.4. The first-order valence-electron chi connectivity index (χ1n) is 12.3. The molecule has 2 heterocycles. The van der Waals surface area contributed by atoms with E-state index >= 15 is 0 Å². The monoisotopic (exact) mass is 509 g/mol. The molecule has 1 aliphatic rings. The fourth-order valence-corrected chi connectivity index (χ4v) is 3.79. The van der Waals surface area contributed by atoms with Gasteiger partial charge in [-0.3, -0.25) is 19.6 Å². The molecule has 1 saturated heterocycles. The Labute approximate surface area is 218 Å². The highest BCUT2D eigenvalue weighted by Crippen LogP contribution is 2.22. The highest BCUT2D eigenvalue weighted by molar-refractivity contribution is 6.14. The average molecular weight is 510 g/mol. The minimum absolute atomic E-state index is 0.0325. The van der Waals surface area contributed by atoms with E-state index in [9.17, 15) is 14.0 Å². The number of hydrogen-bond donors (Lipinski definition) is 2. The number of morpholine rings is 1. The summed E-state index contributed by atoms with van der Waals surface area (Å²) < 4.78 is 19.7. The SMILES string of the molecule is CN=C(/C=C(\C)C(=O)NCC(C)(C)C)c1cc(NC(=O)c2cc(F)cc(N3CCOCC3)c2)cnc1C. The fraction of sp³-hybridized carbons (Fsp3) is 0.429. The Kier molecular flexibility index (Phi) is 9.15. The van der Waals surface area contributed by atoms with Crippen molar-refractivity contribution in [1.82, 2.24) is 10.3 Å². The fourth-order valence-electron chi connectivity index (χ4n) is 3.79. The summed E-state index contributed by atoms with van der Waals surface area (Å²) in [4.78, 5) is 36.3. The van der Waals surface area contributed by atoms with E-state index in [0.29, 0.717) is 66.8 Å². The summed E-state index contributed by atoms with van der Waals surface area (Å²) in [5.41, 5.74) is 3.69. The number of carbonyl (C=O) groups excluding carboxylic acids is 2. The number of halogens is 1. The van der Waals surface area contributed by atoms with E-state index in [2.05, 4.69) is 20.6 Å². The van der Waals surface area contributed by atoms with Gasteiger partial charge in [0.2, 0.25) is 5.91 Å². The molecule has 37 heavy (non-hydrogen) atoms. The van der Waals surface area contributed by atoms with Crippen LogP contribution in [0.2, 0.25) is 0 Å². The molecule has 9 heteroatoms. The molecule has 0 atom stereocenters. The van der Waals surface area contributed by atoms with Gasteiger partial charge in [-0.15, -0.1) is 0 Å². The predicted octanol–water partition coefficient (Wildman–Crippen LogP) is 4.15. The number of nitrogens with one attached hydrogen (secondary N) is 2. The molecule has 0 saturated carbocycles. The van der Waals surface area contributed by atoms with Crippen molar-refractivity contribution < 1.29 is 18.7 Å². The number of anilines is 2. The topological polar surface area (TPSA) is 95.9 Å². The molecule has 2 aromatic rings. The van der Waals surface area contributed by atoms with Crippen molar-refractivity contribution in [2.45, 2.75) is 34.6 Å². The van der Waals surface area contributed by atoms with Crippen LogP contribution in [0.15, 0.2) is 47.1 Å². The first-order chi connectivity index (χ1) is 17.5. The molecule has 1 fully saturated rings. The van der Waals surface area contributed by atoms with Crippen LogP contribution in [0, 0.1) is 18.2 Å². The number of aliphatic imine (C=N–C) groups is 1. The van der Waals surface area contributed by atoms with Crippen LogP contribution >= 0.6 is 0 Å². The van der Waals surface area contributed by atoms with E-state index in [1.165, 1.54) is 12.1 Å². The number of rotatable bonds is 7. The van der Waals surface area contributed by atoms with Crippen LogP contribution in [0.1, 0.15) is 49.3 Å². The third kappa shape index (κ3) is 7.95. The minimum Gasteiger partial charge on any atom is -0.378 e. The van der Waals surface area contributed by atoms with E-state index in [1.54, 1.807) is 38.4 Å². The summed E-state index contributed by atoms with van der Waals surface area (Å²) in [7, 11) is 1.64. The van der Waals surface area contributed by atoms with Crippen molar-refractivity contribution >= 4 is 28.9 Å². The molecule has 0 aliphatic carbocycles. The molecule has 0 bridgehead atoms. The number of amides is 2. The summed E-state index contributed by atoms with van der Waals surface area (Å²) in [5, 5.41) is 5.74. The number of aromatic nitrogens is 1. The van der Waals surface area contributed by atoms with Gasteiger partial charge in [0.15, 0.2) is 0 Å². The Balaban J connectivity index is 1.79. The van der Waals surface area contributed by atoms with Crippen molar-refractivity contribution in [3.63, 3.8) is 0 Å². The van der Waals surface area contributed by atoms with Crippen molar-refractivity contribution in [2.24, 2.45) is 10.4 Å². The quantitative estimate of drug-likeness (QED) is 0.432. The second-order valence-corrected chi connectivity index (χ2v) is 10.3. The lowest BCUT2D eigenvalue weighted by atomic mass is 9.97. The highest BCUT2D eigenvalue weighted by Gasteiger charge is 2.17. The zero-order chi connectivity index (χ0) is 27.2. The summed E-state index contributed by atoms with van der Waals surface area (Å²) in [6, 6.07) is 6.06. The van der Waals surface area contributed by atoms with E-state index in [-0.39, 0.29) is 16.9 Å². The molecule has 0 radical (unpaired) electrons. The van der Waals surface area contributed by atoms with Crippen LogP contribution in [0.3, 0.4) is 0 Å². The maximum Gasteiger partial charge on any atom is 0.255 e. The Hall–Kier alpha value is -3.59. The largest absolute Gasteiger partial charge is 0.378 e. The Morgan fingerprint density at radius 3 is 2.54 bits per heavy atom. The second kappa shape index (κ2) is 12.1. The highest BCUT2D eigenvalue weighted by atomic mass is 19.1. The first-order valence-corrected chi connectivity index (χ1v) is 12.3. The molecule has 8 nitrogen and oxygen atoms in total. The second-order valence-electron chi connectivity index (χ2n) is 10.3. The molecule has 1 aromatic heterocycles. The summed E-state index contributed by atoms with van der Waals surface area (Å²) >= 11 is 0. The Bertz CT molecular complexity index is 1210. The van der Waals surface area contributed by atoms with Gasteiger partial charge in [-0.25, -0.2) is 4.39 Å². The Morgan fingerprint density at radius 2 is 1.89 bits per heavy atom. The van der Waals surface area contributed by atoms with Gasteiger partial charge in [-0.2, -0.15) is 0 Å². The maximum atomic E-state index is 14.4. The zero-order valence-corrected chi connectivity index (χ0v) is 22.4. The van der Waals surface area contributed by atoms with E-state index in [4.69, 9.17) is 4.74 Å². The molecule has 0 unspecified atom stereocenters. The average Bonchev–Trinajstić information content (AvgIpc) is 2.86. The van der Waals surface area contributed by atoms with Crippen LogP contribution in [0.25, 0.3) is 0 Å². The molecule has 0 spiro atoms. The molecule has 2 amide bonds. The molecule has 3 rings (SSSR count). The van der Waals surface area contributed by atoms with Gasteiger partial charge in [0.25, 0.3) is 5.91 Å². The van der Waals surface area contributed by atoms with Crippen LogP contribution in [0.4, 0.5) is 15.8 Å². The third-order valence-electron chi connectivity index (χ3n) is 5.87. The lowest BCUT2D eigenvalue weighted by Crippen LogP contribution is -2.36. The molecule has 2 N–H and O–H groups in total. The lowest BCUT2D eigenvalue weighted by Gasteiger charge is -2.29. The number of hydrogen-bond acceptors (Lipinski definition) is 6. The number of pyridine rings is 1. The molecular weight excluding hydrogens is 473 g/mol. The molecule has 198 valence electrons. The van der Waals surface area contributed by atoms with Crippen molar-refractivity contribution in [3.05, 3.63) is 64.7 Å². The number of nitrogens with zero attached hydrogens (tertiary/aromatic N) is 3. The number of benzene rings is 1. The molecular formula is C28H36FN5O3. The van der Waals surface area contributed by atoms with Crippen molar-refractivity contribution in [3.8, 4) is 0 Å². The molecule has 1 aromatic carbocycles. The van der Waals surface area contributed by atoms with Crippen LogP contribution in [-0.4, -0.2) is 62.4 Å². The van der Waals surface area contributed by atoms with Crippen molar-refractivity contribution in [1.29, 1.82) is 0 Å². The minimum atomic E-state index is -0.484. The predicted molar refractivity (Wildman–Crippen MR) is 145 cm³/mol. The summed E-state index contributed by atoms with van der Waals surface area (Å²) in [5.74, 6) is -1.11. The smallest absolute Gasteiger partial charge is 0.255 e. The van der Waals surface area contributed by atoms with Gasteiger partial charge in [-0.05, 0) is 49.6 Å². The number of allylic oxidation sites excluding steroid dienone is 1. The standard InChI is InChI=1S/C28H36FN5O3/c1-18(26(35)32-17-28(3,4)5)11-25(30-6)24-15-22(16-31-19(24)2)33-27(36)20-12-21(29)14-23(13-20)34-7-9-37-10-8-34/h11-16H,7-10,17H2,1-6H3,(H,32,35)(H,33,36)/b18-11+,30-25?. The number of ether oxygens (including phenoxy) is 1. The van der Waals surface area contributed by atoms with Gasteiger partial charge >= 0.3 is 0 Å². The van der Waals surface area contributed by atoms with Crippen LogP contribution < -0.4 is 15.5 Å². The van der Waals surface area contributed by atoms with E-state index < -0.39 is 11.7 Å². The van der Waals surface area contributed by atoms with Crippen LogP contribution in [-0.2, 0) is 9.53 Å². The van der Waals surface area contributed by atoms with Gasteiger partial charge in [0.05, 0.1) is 30.8 Å². The van der Waals surface area contributed by atoms with Crippen LogP contribution in [0.5, 0.6) is 0 Å². The van der Waals surface area contributed by atoms with Gasteiger partial charge < -0.3 is 20.3 Å². The third-order valence-corrected chi connectivity index (χ3v) is 5.87. The van der Waals surface area contributed by atoms with Gasteiger partial charge in [0.1, 0.15) is 5.82 Å². The van der Waals surface area contributed by atoms with Gasteiger partial charge in [-0.1, -0.05) is 20.8 Å². The van der Waals surface area contributed by atoms with E-state index in [1.807, 2.05) is 32.6 Å². The maximum absolute atomic E-state index is 14.4. The van der Waals surface area contributed by atoms with Crippen molar-refractivity contribution in [2.75, 3.05) is 50.1 Å².